The molecule has 6 nitrogen and oxygen atoms in total. The monoisotopic (exact) mass is 367 g/mol. The van der Waals surface area contributed by atoms with E-state index in [1.165, 1.54) is 5.56 Å². The smallest absolute Gasteiger partial charge is 0.261 e. The molecule has 1 aliphatic rings. The summed E-state index contributed by atoms with van der Waals surface area (Å²) < 4.78 is 0. The van der Waals surface area contributed by atoms with E-state index in [2.05, 4.69) is 10.3 Å². The molecular weight excluding hydrogens is 342 g/mol. The Morgan fingerprint density at radius 1 is 1.19 bits per heavy atom. The van der Waals surface area contributed by atoms with E-state index < -0.39 is 11.5 Å². The highest BCUT2D eigenvalue weighted by Gasteiger charge is 2.30. The third-order valence-electron chi connectivity index (χ3n) is 4.86. The van der Waals surface area contributed by atoms with Crippen LogP contribution < -0.4 is 10.9 Å². The van der Waals surface area contributed by atoms with Gasteiger partial charge in [0, 0.05) is 25.2 Å². The third-order valence-corrected chi connectivity index (χ3v) is 4.86. The maximum absolute atomic E-state index is 12.4. The molecule has 0 spiro atoms. The molecule has 3 rings (SSSR count). The molecule has 2 amide bonds. The van der Waals surface area contributed by atoms with Gasteiger partial charge in [0.1, 0.15) is 5.56 Å². The minimum absolute atomic E-state index is 0.0281. The van der Waals surface area contributed by atoms with Gasteiger partial charge >= 0.3 is 0 Å². The second kappa shape index (κ2) is 8.20. The topological polar surface area (TPSA) is 82.3 Å². The molecular formula is C21H25N3O3. The summed E-state index contributed by atoms with van der Waals surface area (Å²) in [5.41, 5.74) is 1.65. The van der Waals surface area contributed by atoms with Crippen molar-refractivity contribution >= 4 is 11.8 Å². The lowest BCUT2D eigenvalue weighted by Crippen LogP contribution is -2.39. The number of hydrogen-bond acceptors (Lipinski definition) is 3. The number of carbonyl (C=O) groups is 2. The normalized spacial score (nSPS) is 16.8. The van der Waals surface area contributed by atoms with Gasteiger partial charge in [0.05, 0.1) is 6.04 Å². The van der Waals surface area contributed by atoms with E-state index in [9.17, 15) is 14.4 Å². The number of aromatic amines is 1. The fraction of sp³-hybridized carbons (Fsp3) is 0.381. The van der Waals surface area contributed by atoms with Crippen molar-refractivity contribution in [3.05, 3.63) is 69.6 Å². The Morgan fingerprint density at radius 3 is 2.59 bits per heavy atom. The van der Waals surface area contributed by atoms with Crippen molar-refractivity contribution in [3.63, 3.8) is 0 Å². The van der Waals surface area contributed by atoms with E-state index in [4.69, 9.17) is 0 Å². The van der Waals surface area contributed by atoms with Crippen molar-refractivity contribution in [1.29, 1.82) is 0 Å². The minimum Gasteiger partial charge on any atom is -0.347 e. The Kier molecular flexibility index (Phi) is 5.74. The van der Waals surface area contributed by atoms with Crippen LogP contribution in [0.15, 0.2) is 47.3 Å². The van der Waals surface area contributed by atoms with Gasteiger partial charge in [0.2, 0.25) is 5.91 Å². The van der Waals surface area contributed by atoms with E-state index in [-0.39, 0.29) is 29.9 Å². The first-order valence-electron chi connectivity index (χ1n) is 9.30. The fourth-order valence-corrected chi connectivity index (χ4v) is 3.26. The average molecular weight is 367 g/mol. The first-order valence-corrected chi connectivity index (χ1v) is 9.30. The summed E-state index contributed by atoms with van der Waals surface area (Å²) in [6, 6.07) is 13.0. The number of H-pyrrole nitrogens is 1. The molecule has 2 aromatic rings. The van der Waals surface area contributed by atoms with Gasteiger partial charge in [-0.25, -0.2) is 0 Å². The lowest BCUT2D eigenvalue weighted by molar-refractivity contribution is -0.127. The second-order valence-corrected chi connectivity index (χ2v) is 7.26. The highest BCUT2D eigenvalue weighted by Crippen LogP contribution is 2.14. The van der Waals surface area contributed by atoms with E-state index in [1.54, 1.807) is 17.0 Å². The maximum atomic E-state index is 12.4. The zero-order valence-electron chi connectivity index (χ0n) is 15.7. The van der Waals surface area contributed by atoms with Crippen LogP contribution >= 0.6 is 0 Å². The molecule has 0 unspecified atom stereocenters. The highest BCUT2D eigenvalue weighted by molar-refractivity contribution is 5.94. The molecule has 1 atom stereocenters. The number of amides is 2. The summed E-state index contributed by atoms with van der Waals surface area (Å²) in [6.07, 6.45) is 1.05. The van der Waals surface area contributed by atoms with Crippen molar-refractivity contribution in [2.75, 3.05) is 13.1 Å². The predicted octanol–water partition coefficient (Wildman–Crippen LogP) is 2.07. The lowest BCUT2D eigenvalue weighted by atomic mass is 10.1. The maximum Gasteiger partial charge on any atom is 0.261 e. The molecule has 1 aromatic heterocycles. The number of likely N-dealkylation sites (tertiary alicyclic amines) is 1. The Hall–Kier alpha value is -2.89. The summed E-state index contributed by atoms with van der Waals surface area (Å²) in [5, 5.41) is 2.82. The predicted molar refractivity (Wildman–Crippen MR) is 104 cm³/mol. The Balaban J connectivity index is 1.58. The van der Waals surface area contributed by atoms with E-state index in [0.717, 1.165) is 12.1 Å². The molecule has 1 saturated heterocycles. The standard InChI is InChI=1S/C21H25N3O3/c1-14(2)18-9-8-17(21(27)23-18)20(26)22-16-12-19(25)24(13-16)11-10-15-6-4-3-5-7-15/h3-9,14,16H,10-13H2,1-2H3,(H,22,26)(H,23,27)/t16-/m0/s1. The van der Waals surface area contributed by atoms with Crippen LogP contribution in [0, 0.1) is 0 Å². The van der Waals surface area contributed by atoms with Crippen molar-refractivity contribution in [1.82, 2.24) is 15.2 Å². The molecule has 0 bridgehead atoms. The number of carbonyl (C=O) groups excluding carboxylic acids is 2. The quantitative estimate of drug-likeness (QED) is 0.820. The van der Waals surface area contributed by atoms with Gasteiger partial charge in [-0.05, 0) is 30.0 Å². The van der Waals surface area contributed by atoms with Crippen LogP contribution in [0.4, 0.5) is 0 Å². The van der Waals surface area contributed by atoms with Crippen molar-refractivity contribution in [2.45, 2.75) is 38.6 Å². The molecule has 0 radical (unpaired) electrons. The number of aromatic nitrogens is 1. The number of nitrogens with zero attached hydrogens (tertiary/aromatic N) is 1. The summed E-state index contributed by atoms with van der Waals surface area (Å²) >= 11 is 0. The largest absolute Gasteiger partial charge is 0.347 e. The van der Waals surface area contributed by atoms with Gasteiger partial charge in [-0.2, -0.15) is 0 Å². The Bertz CT molecular complexity index is 874. The van der Waals surface area contributed by atoms with Crippen LogP contribution in [0.5, 0.6) is 0 Å². The van der Waals surface area contributed by atoms with Crippen molar-refractivity contribution in [2.24, 2.45) is 0 Å². The first kappa shape index (κ1) is 18.9. The van der Waals surface area contributed by atoms with E-state index in [1.807, 2.05) is 44.2 Å². The molecule has 27 heavy (non-hydrogen) atoms. The summed E-state index contributed by atoms with van der Waals surface area (Å²) in [4.78, 5) is 41.3. The zero-order chi connectivity index (χ0) is 19.4. The number of benzene rings is 1. The minimum atomic E-state index is -0.436. The molecule has 142 valence electrons. The molecule has 2 N–H and O–H groups in total. The SMILES string of the molecule is CC(C)c1ccc(C(=O)N[C@H]2CC(=O)N(CCc3ccccc3)C2)c(=O)[nH]1. The van der Waals surface area contributed by atoms with Gasteiger partial charge in [-0.15, -0.1) is 0 Å². The lowest BCUT2D eigenvalue weighted by Gasteiger charge is -2.17. The number of hydrogen-bond donors (Lipinski definition) is 2. The molecule has 0 saturated carbocycles. The average Bonchev–Trinajstić information content (AvgIpc) is 2.99. The van der Waals surface area contributed by atoms with Crippen molar-refractivity contribution < 1.29 is 9.59 Å². The van der Waals surface area contributed by atoms with Gasteiger partial charge in [0.25, 0.3) is 11.5 Å². The van der Waals surface area contributed by atoms with Crippen molar-refractivity contribution in [3.8, 4) is 0 Å². The molecule has 0 aliphatic carbocycles. The summed E-state index contributed by atoms with van der Waals surface area (Å²) in [6.45, 7) is 5.04. The molecule has 1 aliphatic heterocycles. The van der Waals surface area contributed by atoms with Crippen LogP contribution in [-0.2, 0) is 11.2 Å². The first-order chi connectivity index (χ1) is 12.9. The second-order valence-electron chi connectivity index (χ2n) is 7.26. The molecule has 6 heteroatoms. The van der Waals surface area contributed by atoms with Crippen LogP contribution in [0.3, 0.4) is 0 Å². The summed E-state index contributed by atoms with van der Waals surface area (Å²) in [7, 11) is 0. The Labute approximate surface area is 158 Å². The highest BCUT2D eigenvalue weighted by atomic mass is 16.2. The molecule has 1 fully saturated rings. The summed E-state index contributed by atoms with van der Waals surface area (Å²) in [5.74, 6) is -0.227. The number of pyridine rings is 1. The fourth-order valence-electron chi connectivity index (χ4n) is 3.26. The van der Waals surface area contributed by atoms with Crippen LogP contribution in [0.2, 0.25) is 0 Å². The van der Waals surface area contributed by atoms with Crippen LogP contribution in [-0.4, -0.2) is 40.8 Å². The van der Waals surface area contributed by atoms with Gasteiger partial charge in [-0.3, -0.25) is 14.4 Å². The Morgan fingerprint density at radius 2 is 1.93 bits per heavy atom. The number of rotatable bonds is 6. The molecule has 1 aromatic carbocycles. The van der Waals surface area contributed by atoms with Gasteiger partial charge in [0.15, 0.2) is 0 Å². The van der Waals surface area contributed by atoms with E-state index in [0.29, 0.717) is 13.1 Å². The van der Waals surface area contributed by atoms with Gasteiger partial charge < -0.3 is 15.2 Å². The third kappa shape index (κ3) is 4.64. The van der Waals surface area contributed by atoms with Crippen LogP contribution in [0.25, 0.3) is 0 Å². The zero-order valence-corrected chi connectivity index (χ0v) is 15.7. The molecule has 2 heterocycles. The number of nitrogens with one attached hydrogen (secondary N) is 2. The van der Waals surface area contributed by atoms with Crippen LogP contribution in [0.1, 0.15) is 47.8 Å². The van der Waals surface area contributed by atoms with E-state index >= 15 is 0 Å². The van der Waals surface area contributed by atoms with Gasteiger partial charge in [-0.1, -0.05) is 44.2 Å².